The van der Waals surface area contributed by atoms with Gasteiger partial charge in [-0.05, 0) is 72.6 Å². The number of hydrogen-bond acceptors (Lipinski definition) is 3. The second-order valence-electron chi connectivity index (χ2n) is 7.13. The van der Waals surface area contributed by atoms with Crippen LogP contribution in [0.1, 0.15) is 59.3 Å². The maximum absolute atomic E-state index is 3.69. The minimum Gasteiger partial charge on any atom is -0.314 e. The molecule has 0 saturated carbocycles. The lowest BCUT2D eigenvalue weighted by molar-refractivity contribution is 0.0219. The van der Waals surface area contributed by atoms with Gasteiger partial charge in [-0.1, -0.05) is 13.3 Å². The van der Waals surface area contributed by atoms with Crippen LogP contribution in [0.15, 0.2) is 0 Å². The third-order valence-corrected chi connectivity index (χ3v) is 5.43. The van der Waals surface area contributed by atoms with Crippen LogP contribution in [0.3, 0.4) is 0 Å². The minimum atomic E-state index is 0.675. The molecule has 20 heavy (non-hydrogen) atoms. The van der Waals surface area contributed by atoms with Crippen molar-refractivity contribution in [1.82, 2.24) is 15.1 Å². The fourth-order valence-electron chi connectivity index (χ4n) is 4.06. The van der Waals surface area contributed by atoms with Crippen LogP contribution in [0.4, 0.5) is 0 Å². The molecular formula is C17H35N3. The van der Waals surface area contributed by atoms with Crippen LogP contribution in [-0.2, 0) is 0 Å². The van der Waals surface area contributed by atoms with E-state index in [1.807, 2.05) is 0 Å². The summed E-state index contributed by atoms with van der Waals surface area (Å²) in [6.07, 6.45) is 8.40. The zero-order valence-corrected chi connectivity index (χ0v) is 14.1. The van der Waals surface area contributed by atoms with E-state index in [0.717, 1.165) is 24.7 Å². The third-order valence-electron chi connectivity index (χ3n) is 5.43. The number of fused-ring (bicyclic) bond motifs is 2. The summed E-state index contributed by atoms with van der Waals surface area (Å²) in [5.41, 5.74) is 0. The van der Waals surface area contributed by atoms with Crippen molar-refractivity contribution >= 4 is 0 Å². The van der Waals surface area contributed by atoms with Crippen molar-refractivity contribution in [3.8, 4) is 0 Å². The Hall–Kier alpha value is -0.120. The summed E-state index contributed by atoms with van der Waals surface area (Å²) in [5, 5.41) is 3.69. The Morgan fingerprint density at radius 2 is 1.85 bits per heavy atom. The molecule has 0 amide bonds. The molecule has 0 aromatic carbocycles. The fraction of sp³-hybridized carbons (Fsp3) is 1.00. The SMILES string of the molecule is CCNC1CC2CCCC(C1)N2CCCN(C)C(C)C. The first kappa shape index (κ1) is 16.3. The lowest BCUT2D eigenvalue weighted by Gasteiger charge is -2.49. The molecule has 2 aliphatic rings. The molecule has 3 heteroatoms. The van der Waals surface area contributed by atoms with E-state index in [1.165, 1.54) is 51.6 Å². The van der Waals surface area contributed by atoms with Gasteiger partial charge >= 0.3 is 0 Å². The highest BCUT2D eigenvalue weighted by Crippen LogP contribution is 2.34. The van der Waals surface area contributed by atoms with Gasteiger partial charge in [0.1, 0.15) is 0 Å². The van der Waals surface area contributed by atoms with Gasteiger partial charge in [0.15, 0.2) is 0 Å². The minimum absolute atomic E-state index is 0.675. The van der Waals surface area contributed by atoms with Crippen molar-refractivity contribution in [2.45, 2.75) is 83.5 Å². The molecule has 2 heterocycles. The largest absolute Gasteiger partial charge is 0.314 e. The van der Waals surface area contributed by atoms with Crippen LogP contribution in [0.25, 0.3) is 0 Å². The Bertz CT molecular complexity index is 265. The topological polar surface area (TPSA) is 18.5 Å². The van der Waals surface area contributed by atoms with E-state index in [1.54, 1.807) is 0 Å². The van der Waals surface area contributed by atoms with Gasteiger partial charge in [-0.15, -0.1) is 0 Å². The van der Waals surface area contributed by atoms with Crippen LogP contribution < -0.4 is 5.32 Å². The smallest absolute Gasteiger partial charge is 0.0113 e. The molecule has 1 N–H and O–H groups in total. The van der Waals surface area contributed by atoms with Gasteiger partial charge < -0.3 is 10.2 Å². The Morgan fingerprint density at radius 1 is 1.20 bits per heavy atom. The van der Waals surface area contributed by atoms with E-state index < -0.39 is 0 Å². The molecule has 0 spiro atoms. The summed E-state index contributed by atoms with van der Waals surface area (Å²) < 4.78 is 0. The summed E-state index contributed by atoms with van der Waals surface area (Å²) in [7, 11) is 2.25. The fourth-order valence-corrected chi connectivity index (χ4v) is 4.06. The second-order valence-corrected chi connectivity index (χ2v) is 7.13. The van der Waals surface area contributed by atoms with Gasteiger partial charge in [-0.25, -0.2) is 0 Å². The molecule has 118 valence electrons. The van der Waals surface area contributed by atoms with E-state index in [9.17, 15) is 0 Å². The molecular weight excluding hydrogens is 246 g/mol. The predicted octanol–water partition coefficient (Wildman–Crippen LogP) is 2.71. The quantitative estimate of drug-likeness (QED) is 0.774. The van der Waals surface area contributed by atoms with Crippen LogP contribution in [0.2, 0.25) is 0 Å². The number of hydrogen-bond donors (Lipinski definition) is 1. The number of rotatable bonds is 7. The van der Waals surface area contributed by atoms with E-state index >= 15 is 0 Å². The number of nitrogens with zero attached hydrogens (tertiary/aromatic N) is 2. The van der Waals surface area contributed by atoms with E-state index in [-0.39, 0.29) is 0 Å². The van der Waals surface area contributed by atoms with Gasteiger partial charge in [-0.2, -0.15) is 0 Å². The second kappa shape index (κ2) is 7.77. The Morgan fingerprint density at radius 3 is 2.40 bits per heavy atom. The maximum atomic E-state index is 3.69. The molecule has 2 unspecified atom stereocenters. The van der Waals surface area contributed by atoms with Gasteiger partial charge in [0.2, 0.25) is 0 Å². The number of nitrogens with one attached hydrogen (secondary N) is 1. The summed E-state index contributed by atoms with van der Waals surface area (Å²) in [6.45, 7) is 10.5. The average Bonchev–Trinajstić information content (AvgIpc) is 2.39. The van der Waals surface area contributed by atoms with Crippen molar-refractivity contribution in [3.05, 3.63) is 0 Å². The molecule has 2 aliphatic heterocycles. The van der Waals surface area contributed by atoms with Crippen LogP contribution >= 0.6 is 0 Å². The standard InChI is InChI=1S/C17H35N3/c1-5-18-15-12-16-8-6-9-17(13-15)20(16)11-7-10-19(4)14(2)3/h14-18H,5-13H2,1-4H3. The first-order valence-electron chi connectivity index (χ1n) is 8.81. The predicted molar refractivity (Wildman–Crippen MR) is 87.2 cm³/mol. The van der Waals surface area contributed by atoms with Crippen molar-refractivity contribution in [3.63, 3.8) is 0 Å². The molecule has 2 saturated heterocycles. The molecule has 2 bridgehead atoms. The van der Waals surface area contributed by atoms with Gasteiger partial charge in [-0.3, -0.25) is 4.90 Å². The normalized spacial score (nSPS) is 31.2. The monoisotopic (exact) mass is 281 g/mol. The lowest BCUT2D eigenvalue weighted by atomic mass is 9.81. The van der Waals surface area contributed by atoms with Crippen molar-refractivity contribution in [2.24, 2.45) is 0 Å². The molecule has 2 rings (SSSR count). The molecule has 2 fully saturated rings. The van der Waals surface area contributed by atoms with Crippen molar-refractivity contribution in [2.75, 3.05) is 26.7 Å². The summed E-state index contributed by atoms with van der Waals surface area (Å²) in [4.78, 5) is 5.33. The molecule has 0 radical (unpaired) electrons. The first-order chi connectivity index (χ1) is 9.61. The zero-order valence-electron chi connectivity index (χ0n) is 14.1. The van der Waals surface area contributed by atoms with Crippen molar-refractivity contribution < 1.29 is 0 Å². The van der Waals surface area contributed by atoms with Crippen LogP contribution in [0.5, 0.6) is 0 Å². The third kappa shape index (κ3) is 4.19. The molecule has 2 atom stereocenters. The number of piperidine rings is 2. The van der Waals surface area contributed by atoms with Gasteiger partial charge in [0.25, 0.3) is 0 Å². The Labute approximate surface area is 126 Å². The summed E-state index contributed by atoms with van der Waals surface area (Å²) in [6, 6.07) is 3.17. The molecule has 0 aliphatic carbocycles. The highest BCUT2D eigenvalue weighted by molar-refractivity contribution is 4.94. The molecule has 0 aromatic heterocycles. The van der Waals surface area contributed by atoms with Crippen LogP contribution in [0, 0.1) is 0 Å². The first-order valence-corrected chi connectivity index (χ1v) is 8.81. The van der Waals surface area contributed by atoms with Crippen molar-refractivity contribution in [1.29, 1.82) is 0 Å². The summed E-state index contributed by atoms with van der Waals surface area (Å²) >= 11 is 0. The van der Waals surface area contributed by atoms with Gasteiger partial charge in [0, 0.05) is 24.2 Å². The van der Waals surface area contributed by atoms with E-state index in [0.29, 0.717) is 6.04 Å². The summed E-state index contributed by atoms with van der Waals surface area (Å²) in [5.74, 6) is 0. The Balaban J connectivity index is 1.80. The lowest BCUT2D eigenvalue weighted by Crippen LogP contribution is -2.56. The highest BCUT2D eigenvalue weighted by atomic mass is 15.2. The van der Waals surface area contributed by atoms with E-state index in [4.69, 9.17) is 0 Å². The Kier molecular flexibility index (Phi) is 6.31. The zero-order chi connectivity index (χ0) is 14.5. The van der Waals surface area contributed by atoms with Crippen LogP contribution in [-0.4, -0.2) is 60.6 Å². The van der Waals surface area contributed by atoms with E-state index in [2.05, 4.69) is 42.9 Å². The van der Waals surface area contributed by atoms with Gasteiger partial charge in [0.05, 0.1) is 0 Å². The molecule has 0 aromatic rings. The maximum Gasteiger partial charge on any atom is 0.0113 e. The highest BCUT2D eigenvalue weighted by Gasteiger charge is 2.37. The average molecular weight is 281 g/mol. The molecule has 3 nitrogen and oxygen atoms in total.